The largest absolute Gasteiger partial charge is 0.506 e. The number of halogens is 1. The smallest absolute Gasteiger partial charge is 0.177 e. The average Bonchev–Trinajstić information content (AvgIpc) is 2.57. The molecule has 1 N–H and O–H groups in total. The zero-order valence-corrected chi connectivity index (χ0v) is 16.9. The minimum absolute atomic E-state index is 0.170. The maximum atomic E-state index is 15.3. The van der Waals surface area contributed by atoms with Gasteiger partial charge in [0.1, 0.15) is 5.76 Å². The van der Waals surface area contributed by atoms with Crippen LogP contribution in [0.3, 0.4) is 0 Å². The minimum Gasteiger partial charge on any atom is -0.506 e. The summed E-state index contributed by atoms with van der Waals surface area (Å²) in [6.07, 6.45) is 2.65. The van der Waals surface area contributed by atoms with Crippen LogP contribution in [0.25, 0.3) is 5.76 Å². The van der Waals surface area contributed by atoms with Gasteiger partial charge in [0, 0.05) is 46.8 Å². The minimum atomic E-state index is -3.72. The summed E-state index contributed by atoms with van der Waals surface area (Å²) in [4.78, 5) is 16.7. The molecule has 0 aliphatic carbocycles. The predicted molar refractivity (Wildman–Crippen MR) is 104 cm³/mol. The number of sulfone groups is 1. The molecule has 0 bridgehead atoms. The lowest BCUT2D eigenvalue weighted by Crippen LogP contribution is -2.24. The van der Waals surface area contributed by atoms with Gasteiger partial charge in [0.25, 0.3) is 0 Å². The number of ketones is 1. The molecule has 0 aliphatic rings. The SMILES string of the molecule is CN=C/C(C(C)=O)=C(\O)c1ccc(S(C)(=O)=O)c(N(C)CCCOC)c1F. The van der Waals surface area contributed by atoms with Gasteiger partial charge in [0.15, 0.2) is 21.4 Å². The van der Waals surface area contributed by atoms with E-state index >= 15 is 4.39 Å². The second-order valence-corrected chi connectivity index (χ2v) is 8.00. The van der Waals surface area contributed by atoms with Crippen molar-refractivity contribution in [1.82, 2.24) is 0 Å². The van der Waals surface area contributed by atoms with Gasteiger partial charge < -0.3 is 14.7 Å². The Morgan fingerprint density at radius 1 is 1.41 bits per heavy atom. The first-order valence-electron chi connectivity index (χ1n) is 8.15. The number of methoxy groups -OCH3 is 1. The van der Waals surface area contributed by atoms with Crippen molar-refractivity contribution >= 4 is 33.3 Å². The molecule has 0 saturated heterocycles. The average molecular weight is 400 g/mol. The van der Waals surface area contributed by atoms with Crippen molar-refractivity contribution in [3.8, 4) is 0 Å². The number of aliphatic imine (C=N–C) groups is 1. The first-order chi connectivity index (χ1) is 12.6. The second-order valence-electron chi connectivity index (χ2n) is 6.02. The molecule has 0 atom stereocenters. The Labute approximate surface area is 159 Å². The molecule has 1 aromatic carbocycles. The molecule has 0 aromatic heterocycles. The van der Waals surface area contributed by atoms with Gasteiger partial charge in [0.05, 0.1) is 21.7 Å². The monoisotopic (exact) mass is 400 g/mol. The van der Waals surface area contributed by atoms with Crippen LogP contribution in [0, 0.1) is 5.82 Å². The number of hydrogen-bond acceptors (Lipinski definition) is 7. The van der Waals surface area contributed by atoms with Gasteiger partial charge in [-0.25, -0.2) is 12.8 Å². The second kappa shape index (κ2) is 9.61. The first kappa shape index (κ1) is 22.8. The normalized spacial score (nSPS) is 13.0. The molecule has 150 valence electrons. The van der Waals surface area contributed by atoms with Crippen LogP contribution in [0.1, 0.15) is 18.9 Å². The number of nitrogens with zero attached hydrogens (tertiary/aromatic N) is 2. The number of aliphatic hydroxyl groups excluding tert-OH is 1. The van der Waals surface area contributed by atoms with E-state index in [0.29, 0.717) is 19.6 Å². The van der Waals surface area contributed by atoms with Gasteiger partial charge in [-0.2, -0.15) is 0 Å². The van der Waals surface area contributed by atoms with Gasteiger partial charge in [-0.05, 0) is 25.5 Å². The maximum Gasteiger partial charge on any atom is 0.177 e. The number of allylic oxidation sites excluding steroid dienone is 1. The fourth-order valence-corrected chi connectivity index (χ4v) is 3.45. The Morgan fingerprint density at radius 2 is 2.04 bits per heavy atom. The van der Waals surface area contributed by atoms with Crippen LogP contribution < -0.4 is 4.90 Å². The summed E-state index contributed by atoms with van der Waals surface area (Å²) in [5, 5.41) is 10.4. The third-order valence-corrected chi connectivity index (χ3v) is 4.98. The lowest BCUT2D eigenvalue weighted by atomic mass is 10.0. The molecule has 0 amide bonds. The zero-order chi connectivity index (χ0) is 20.8. The van der Waals surface area contributed by atoms with E-state index in [1.807, 2.05) is 0 Å². The Bertz CT molecular complexity index is 863. The number of aliphatic hydroxyl groups is 1. The van der Waals surface area contributed by atoms with Gasteiger partial charge in [-0.1, -0.05) is 0 Å². The fraction of sp³-hybridized carbons (Fsp3) is 0.444. The standard InChI is InChI=1S/C18H25FN2O5S/c1-12(22)14(11-20-2)18(23)13-7-8-15(27(5,24)25)17(16(13)19)21(3)9-6-10-26-4/h7-8,11,23H,6,9-10H2,1-5H3/b18-14+,20-11?. The third-order valence-electron chi connectivity index (χ3n) is 3.85. The molecule has 0 spiro atoms. The maximum absolute atomic E-state index is 15.3. The summed E-state index contributed by atoms with van der Waals surface area (Å²) < 4.78 is 44.4. The van der Waals surface area contributed by atoms with Crippen LogP contribution in [-0.4, -0.2) is 66.1 Å². The van der Waals surface area contributed by atoms with Gasteiger partial charge >= 0.3 is 0 Å². The van der Waals surface area contributed by atoms with Crippen molar-refractivity contribution in [3.05, 3.63) is 29.1 Å². The number of benzene rings is 1. The lowest BCUT2D eigenvalue weighted by Gasteiger charge is -2.23. The van der Waals surface area contributed by atoms with Crippen molar-refractivity contribution in [2.45, 2.75) is 18.2 Å². The molecule has 0 fully saturated rings. The molecule has 9 heteroatoms. The molecule has 0 unspecified atom stereocenters. The summed E-state index contributed by atoms with van der Waals surface area (Å²) in [5.41, 5.74) is -0.619. The molecule has 0 saturated carbocycles. The van der Waals surface area contributed by atoms with E-state index < -0.39 is 27.2 Å². The van der Waals surface area contributed by atoms with E-state index in [1.54, 1.807) is 7.05 Å². The Kier molecular flexibility index (Phi) is 8.11. The highest BCUT2D eigenvalue weighted by Crippen LogP contribution is 2.33. The van der Waals surface area contributed by atoms with E-state index in [9.17, 15) is 18.3 Å². The number of carbonyl (C=O) groups excluding carboxylic acids is 1. The molecule has 27 heavy (non-hydrogen) atoms. The number of anilines is 1. The lowest BCUT2D eigenvalue weighted by molar-refractivity contribution is -0.113. The van der Waals surface area contributed by atoms with E-state index in [2.05, 4.69) is 4.99 Å². The van der Waals surface area contributed by atoms with Gasteiger partial charge in [-0.3, -0.25) is 9.79 Å². The molecule has 1 rings (SSSR count). The van der Waals surface area contributed by atoms with Crippen molar-refractivity contribution in [3.63, 3.8) is 0 Å². The highest BCUT2D eigenvalue weighted by molar-refractivity contribution is 7.90. The predicted octanol–water partition coefficient (Wildman–Crippen LogP) is 2.26. The number of ether oxygens (including phenoxy) is 1. The van der Waals surface area contributed by atoms with E-state index in [4.69, 9.17) is 4.74 Å². The third kappa shape index (κ3) is 5.61. The highest BCUT2D eigenvalue weighted by Gasteiger charge is 2.25. The van der Waals surface area contributed by atoms with Crippen LogP contribution in [0.15, 0.2) is 27.6 Å². The number of carbonyl (C=O) groups is 1. The number of Topliss-reactive ketones (excluding diaryl/α,β-unsaturated/α-hetero) is 1. The molecule has 0 heterocycles. The Hall–Kier alpha value is -2.26. The fourth-order valence-electron chi connectivity index (χ4n) is 2.54. The van der Waals surface area contributed by atoms with E-state index in [1.165, 1.54) is 32.0 Å². The number of rotatable bonds is 9. The highest BCUT2D eigenvalue weighted by atomic mass is 32.2. The van der Waals surface area contributed by atoms with Crippen LogP contribution in [0.5, 0.6) is 0 Å². The van der Waals surface area contributed by atoms with Crippen molar-refractivity contribution in [2.75, 3.05) is 45.5 Å². The summed E-state index contributed by atoms with van der Waals surface area (Å²) in [7, 11) is 0.767. The van der Waals surface area contributed by atoms with Crippen LogP contribution in [0.2, 0.25) is 0 Å². The van der Waals surface area contributed by atoms with E-state index in [0.717, 1.165) is 18.5 Å². The first-order valence-corrected chi connectivity index (χ1v) is 10.0. The quantitative estimate of drug-likeness (QED) is 0.296. The van der Waals surface area contributed by atoms with Crippen LogP contribution in [0.4, 0.5) is 10.1 Å². The summed E-state index contributed by atoms with van der Waals surface area (Å²) >= 11 is 0. The summed E-state index contributed by atoms with van der Waals surface area (Å²) in [6.45, 7) is 1.97. The Balaban J connectivity index is 3.67. The molecular formula is C18H25FN2O5S. The topological polar surface area (TPSA) is 96.3 Å². The zero-order valence-electron chi connectivity index (χ0n) is 16.1. The van der Waals surface area contributed by atoms with E-state index in [-0.39, 0.29) is 21.7 Å². The van der Waals surface area contributed by atoms with Crippen LogP contribution >= 0.6 is 0 Å². The molecule has 1 aromatic rings. The molecular weight excluding hydrogens is 375 g/mol. The number of hydrogen-bond donors (Lipinski definition) is 1. The van der Waals surface area contributed by atoms with Crippen molar-refractivity contribution in [2.24, 2.45) is 4.99 Å². The molecule has 0 radical (unpaired) electrons. The van der Waals surface area contributed by atoms with Gasteiger partial charge in [-0.15, -0.1) is 0 Å². The van der Waals surface area contributed by atoms with Crippen molar-refractivity contribution < 1.29 is 27.4 Å². The van der Waals surface area contributed by atoms with Gasteiger partial charge in [0.2, 0.25) is 0 Å². The Morgan fingerprint density at radius 3 is 2.52 bits per heavy atom. The molecule has 0 aliphatic heterocycles. The molecule has 7 nitrogen and oxygen atoms in total. The van der Waals surface area contributed by atoms with Crippen molar-refractivity contribution in [1.29, 1.82) is 0 Å². The summed E-state index contributed by atoms with van der Waals surface area (Å²) in [5.74, 6) is -2.03. The van der Waals surface area contributed by atoms with Crippen LogP contribution in [-0.2, 0) is 19.4 Å². The summed E-state index contributed by atoms with van der Waals surface area (Å²) in [6, 6.07) is 2.35.